The number of hydrogen-bond acceptors (Lipinski definition) is 12. The zero-order valence-electron chi connectivity index (χ0n) is 22.7. The van der Waals surface area contributed by atoms with Gasteiger partial charge < -0.3 is 57.2 Å². The van der Waals surface area contributed by atoms with Crippen LogP contribution in [0.4, 0.5) is 0 Å². The molecule has 0 bridgehead atoms. The average molecular weight is 557 g/mol. The topological polar surface area (TPSA) is 139 Å². The summed E-state index contributed by atoms with van der Waals surface area (Å²) >= 11 is 0. The summed E-state index contributed by atoms with van der Waals surface area (Å²) in [5, 5.41) is 8.40. The van der Waals surface area contributed by atoms with Crippen LogP contribution in [0.25, 0.3) is 0 Å². The van der Waals surface area contributed by atoms with E-state index in [1.54, 1.807) is 6.08 Å². The summed E-state index contributed by atoms with van der Waals surface area (Å²) in [4.78, 5) is 10.2. The van der Waals surface area contributed by atoms with Gasteiger partial charge >= 0.3 is 5.97 Å². The number of aliphatic carboxylic acids is 1. The molecule has 13 heteroatoms. The Kier molecular flexibility index (Phi) is 32.7. The second-order valence-electron chi connectivity index (χ2n) is 7.32. The fourth-order valence-corrected chi connectivity index (χ4v) is 2.42. The number of hydrogen-bond donors (Lipinski definition) is 1. The molecule has 0 saturated carbocycles. The lowest BCUT2D eigenvalue weighted by molar-refractivity contribution is -0.142. The largest absolute Gasteiger partial charge is 0.480 e. The highest BCUT2D eigenvalue weighted by Crippen LogP contribution is 1.87. The summed E-state index contributed by atoms with van der Waals surface area (Å²) in [7, 11) is 0. The minimum Gasteiger partial charge on any atom is -0.480 e. The van der Waals surface area contributed by atoms with E-state index in [1.165, 1.54) is 0 Å². The molecule has 0 heterocycles. The molecule has 0 aromatic heterocycles. The molecule has 0 saturated heterocycles. The van der Waals surface area contributed by atoms with Crippen LogP contribution < -0.4 is 0 Å². The maximum atomic E-state index is 10.2. The molecule has 0 fully saturated rings. The Morgan fingerprint density at radius 2 is 0.632 bits per heavy atom. The van der Waals surface area contributed by atoms with Crippen molar-refractivity contribution in [2.45, 2.75) is 0 Å². The van der Waals surface area contributed by atoms with Crippen LogP contribution in [0.2, 0.25) is 0 Å². The van der Waals surface area contributed by atoms with Gasteiger partial charge in [0.05, 0.1) is 139 Å². The van der Waals surface area contributed by atoms with Gasteiger partial charge in [-0.15, -0.1) is 6.58 Å². The van der Waals surface area contributed by atoms with Gasteiger partial charge in [0, 0.05) is 0 Å². The van der Waals surface area contributed by atoms with Crippen LogP contribution in [0.5, 0.6) is 0 Å². The first-order valence-corrected chi connectivity index (χ1v) is 12.9. The monoisotopic (exact) mass is 556 g/mol. The number of carbonyl (C=O) groups is 1. The predicted octanol–water partition coefficient (Wildman–Crippen LogP) is 0.440. The van der Waals surface area contributed by atoms with Gasteiger partial charge in [-0.1, -0.05) is 6.08 Å². The van der Waals surface area contributed by atoms with Gasteiger partial charge in [-0.05, 0) is 0 Å². The third-order valence-corrected chi connectivity index (χ3v) is 4.18. The highest BCUT2D eigenvalue weighted by molar-refractivity contribution is 5.67. The molecule has 0 aliphatic rings. The van der Waals surface area contributed by atoms with Crippen LogP contribution >= 0.6 is 0 Å². The average Bonchev–Trinajstić information content (AvgIpc) is 2.91. The molecular weight excluding hydrogens is 508 g/mol. The highest BCUT2D eigenvalue weighted by Gasteiger charge is 1.97. The van der Waals surface area contributed by atoms with Gasteiger partial charge in [-0.3, -0.25) is 0 Å². The summed E-state index contributed by atoms with van der Waals surface area (Å²) in [5.41, 5.74) is 0. The molecule has 0 radical (unpaired) electrons. The molecule has 0 aliphatic carbocycles. The fourth-order valence-electron chi connectivity index (χ4n) is 2.42. The van der Waals surface area contributed by atoms with Crippen molar-refractivity contribution in [1.29, 1.82) is 0 Å². The highest BCUT2D eigenvalue weighted by atomic mass is 16.6. The van der Waals surface area contributed by atoms with Crippen molar-refractivity contribution < 1.29 is 62.0 Å². The van der Waals surface area contributed by atoms with Crippen molar-refractivity contribution in [2.24, 2.45) is 0 Å². The Hall–Kier alpha value is -1.23. The molecule has 0 amide bonds. The number of carboxylic acids is 1. The Labute approximate surface area is 226 Å². The Morgan fingerprint density at radius 3 is 0.842 bits per heavy atom. The predicted molar refractivity (Wildman–Crippen MR) is 137 cm³/mol. The molecule has 13 nitrogen and oxygen atoms in total. The van der Waals surface area contributed by atoms with E-state index in [1.807, 2.05) is 0 Å². The molecule has 0 atom stereocenters. The van der Waals surface area contributed by atoms with Gasteiger partial charge in [0.15, 0.2) is 0 Å². The third-order valence-electron chi connectivity index (χ3n) is 4.18. The Morgan fingerprint density at radius 1 is 0.421 bits per heavy atom. The molecule has 0 aromatic rings. The summed E-state index contributed by atoms with van der Waals surface area (Å²) in [5.74, 6) is -0.995. The van der Waals surface area contributed by atoms with Crippen molar-refractivity contribution >= 4 is 5.97 Å². The molecule has 0 aliphatic heterocycles. The minimum atomic E-state index is -0.995. The second-order valence-corrected chi connectivity index (χ2v) is 7.32. The Balaban J connectivity index is 3.03. The summed E-state index contributed by atoms with van der Waals surface area (Å²) < 4.78 is 58.5. The number of ether oxygens (including phenoxy) is 11. The molecule has 226 valence electrons. The van der Waals surface area contributed by atoms with Crippen molar-refractivity contribution in [1.82, 2.24) is 0 Å². The minimum absolute atomic E-state index is 0.243. The summed E-state index contributed by atoms with van der Waals surface area (Å²) in [6, 6.07) is 0. The van der Waals surface area contributed by atoms with Crippen molar-refractivity contribution in [3.63, 3.8) is 0 Å². The molecule has 0 unspecified atom stereocenters. The first kappa shape index (κ1) is 36.8. The lowest BCUT2D eigenvalue weighted by Crippen LogP contribution is -2.15. The van der Waals surface area contributed by atoms with Crippen LogP contribution in [0.3, 0.4) is 0 Å². The third kappa shape index (κ3) is 34.8. The van der Waals surface area contributed by atoms with Crippen molar-refractivity contribution in [3.8, 4) is 0 Å². The van der Waals surface area contributed by atoms with Crippen LogP contribution in [-0.4, -0.2) is 156 Å². The van der Waals surface area contributed by atoms with E-state index in [-0.39, 0.29) is 13.2 Å². The maximum absolute atomic E-state index is 10.2. The fraction of sp³-hybridized carbons (Fsp3) is 0.880. The zero-order valence-corrected chi connectivity index (χ0v) is 22.7. The SMILES string of the molecule is C=CCOCCOCCOCCOCCOCCOCCOCCOCCOCCOCCOCC(=O)O. The van der Waals surface area contributed by atoms with E-state index in [0.717, 1.165) is 0 Å². The number of rotatable bonds is 34. The lowest BCUT2D eigenvalue weighted by Gasteiger charge is -2.09. The van der Waals surface area contributed by atoms with Crippen LogP contribution in [0, 0.1) is 0 Å². The first-order valence-electron chi connectivity index (χ1n) is 12.9. The van der Waals surface area contributed by atoms with Crippen LogP contribution in [-0.2, 0) is 56.9 Å². The molecule has 38 heavy (non-hydrogen) atoms. The maximum Gasteiger partial charge on any atom is 0.329 e. The van der Waals surface area contributed by atoms with Gasteiger partial charge in [0.1, 0.15) is 6.61 Å². The van der Waals surface area contributed by atoms with E-state index in [9.17, 15) is 4.79 Å². The molecule has 0 rings (SSSR count). The van der Waals surface area contributed by atoms with Crippen molar-refractivity contribution in [3.05, 3.63) is 12.7 Å². The Bertz CT molecular complexity index is 482. The van der Waals surface area contributed by atoms with Crippen molar-refractivity contribution in [2.75, 3.05) is 145 Å². The van der Waals surface area contributed by atoms with Crippen LogP contribution in [0.15, 0.2) is 12.7 Å². The van der Waals surface area contributed by atoms with Gasteiger partial charge in [0.2, 0.25) is 0 Å². The smallest absolute Gasteiger partial charge is 0.329 e. The standard InChI is InChI=1S/C25H48O13/c1-2-3-28-4-5-29-6-7-30-8-9-31-10-11-32-12-13-33-14-15-34-16-17-35-18-19-36-20-21-37-22-23-38-24-25(26)27/h2H,1,3-24H2,(H,26,27). The van der Waals surface area contributed by atoms with Crippen LogP contribution in [0.1, 0.15) is 0 Å². The van der Waals surface area contributed by atoms with E-state index in [4.69, 9.17) is 57.2 Å². The lowest BCUT2D eigenvalue weighted by atomic mass is 10.6. The normalized spacial score (nSPS) is 11.3. The summed E-state index contributed by atoms with van der Waals surface area (Å²) in [6.45, 7) is 13.3. The first-order chi connectivity index (χ1) is 18.8. The van der Waals surface area contributed by atoms with E-state index >= 15 is 0 Å². The van der Waals surface area contributed by atoms with E-state index in [0.29, 0.717) is 132 Å². The molecule has 1 N–H and O–H groups in total. The van der Waals surface area contributed by atoms with E-state index in [2.05, 4.69) is 6.58 Å². The van der Waals surface area contributed by atoms with Gasteiger partial charge in [-0.25, -0.2) is 4.79 Å². The number of carboxylic acid groups (broad SMARTS) is 1. The summed E-state index contributed by atoms with van der Waals surface area (Å²) in [6.07, 6.45) is 1.71. The van der Waals surface area contributed by atoms with Gasteiger partial charge in [-0.2, -0.15) is 0 Å². The molecular formula is C25H48O13. The molecule has 0 spiro atoms. The van der Waals surface area contributed by atoms with Gasteiger partial charge in [0.25, 0.3) is 0 Å². The quantitative estimate of drug-likeness (QED) is 0.0867. The molecule has 0 aromatic carbocycles. The zero-order chi connectivity index (χ0) is 27.6. The van der Waals surface area contributed by atoms with E-state index < -0.39 is 5.97 Å². The second kappa shape index (κ2) is 33.8.